The summed E-state index contributed by atoms with van der Waals surface area (Å²) in [5.74, 6) is -1.12. The Labute approximate surface area is 110 Å². The number of ether oxygens (including phenoxy) is 1. The highest BCUT2D eigenvalue weighted by Gasteiger charge is 2.55. The number of rotatable bonds is 1. The number of alkyl halides is 2. The van der Waals surface area contributed by atoms with Crippen molar-refractivity contribution in [2.24, 2.45) is 5.41 Å². The molecule has 0 N–H and O–H groups in total. The standard InChI is InChI=1S/C12H18F2N2O3/c1-11(2,3)19-10(18)16-6-12(7-16)4-15(5-12)9(17)8(13)14/h8H,4-7H2,1-3H3. The molecular formula is C12H18F2N2O3. The molecule has 0 atom stereocenters. The van der Waals surface area contributed by atoms with Gasteiger partial charge in [-0.15, -0.1) is 0 Å². The van der Waals surface area contributed by atoms with Crippen LogP contribution in [-0.4, -0.2) is 60.0 Å². The number of hydrogen-bond acceptors (Lipinski definition) is 3. The molecule has 0 aliphatic carbocycles. The maximum atomic E-state index is 12.2. The summed E-state index contributed by atoms with van der Waals surface area (Å²) >= 11 is 0. The van der Waals surface area contributed by atoms with Gasteiger partial charge < -0.3 is 14.5 Å². The number of carbonyl (C=O) groups is 2. The molecule has 5 nitrogen and oxygen atoms in total. The van der Waals surface area contributed by atoms with Crippen molar-refractivity contribution in [1.29, 1.82) is 0 Å². The first-order valence-corrected chi connectivity index (χ1v) is 6.17. The SMILES string of the molecule is CC(C)(C)OC(=O)N1CC2(C1)CN(C(=O)C(F)F)C2. The topological polar surface area (TPSA) is 49.9 Å². The van der Waals surface area contributed by atoms with Gasteiger partial charge in [0.25, 0.3) is 5.91 Å². The largest absolute Gasteiger partial charge is 0.444 e. The molecule has 2 saturated heterocycles. The van der Waals surface area contributed by atoms with Crippen molar-refractivity contribution >= 4 is 12.0 Å². The quantitative estimate of drug-likeness (QED) is 0.726. The van der Waals surface area contributed by atoms with E-state index in [9.17, 15) is 18.4 Å². The molecule has 0 aromatic heterocycles. The smallest absolute Gasteiger partial charge is 0.410 e. The van der Waals surface area contributed by atoms with Crippen molar-refractivity contribution < 1.29 is 23.1 Å². The molecule has 0 unspecified atom stereocenters. The normalized spacial score (nSPS) is 21.2. The monoisotopic (exact) mass is 276 g/mol. The van der Waals surface area contributed by atoms with E-state index in [2.05, 4.69) is 0 Å². The molecule has 0 bridgehead atoms. The first kappa shape index (κ1) is 14.0. The molecule has 1 spiro atoms. The predicted octanol–water partition coefficient (Wildman–Crippen LogP) is 1.33. The zero-order valence-electron chi connectivity index (χ0n) is 11.3. The number of likely N-dealkylation sites (tertiary alicyclic amines) is 2. The Balaban J connectivity index is 1.76. The second kappa shape index (κ2) is 4.31. The minimum absolute atomic E-state index is 0.193. The van der Waals surface area contributed by atoms with Crippen LogP contribution in [-0.2, 0) is 9.53 Å². The van der Waals surface area contributed by atoms with Gasteiger partial charge in [-0.3, -0.25) is 4.79 Å². The molecule has 2 heterocycles. The average Bonchev–Trinajstić information content (AvgIpc) is 2.09. The molecule has 0 saturated carbocycles. The molecule has 0 radical (unpaired) electrons. The minimum atomic E-state index is -2.95. The summed E-state index contributed by atoms with van der Waals surface area (Å²) in [6.07, 6.45) is -3.34. The van der Waals surface area contributed by atoms with E-state index in [1.54, 1.807) is 20.8 Å². The number of carbonyl (C=O) groups excluding carboxylic acids is 2. The molecular weight excluding hydrogens is 258 g/mol. The fourth-order valence-electron chi connectivity index (χ4n) is 2.48. The van der Waals surface area contributed by atoms with Gasteiger partial charge in [-0.05, 0) is 20.8 Å². The summed E-state index contributed by atoms with van der Waals surface area (Å²) in [6.45, 7) is 6.89. The van der Waals surface area contributed by atoms with Crippen LogP contribution in [0, 0.1) is 5.41 Å². The van der Waals surface area contributed by atoms with Crippen LogP contribution < -0.4 is 0 Å². The first-order valence-electron chi connectivity index (χ1n) is 6.17. The molecule has 0 aromatic carbocycles. The van der Waals surface area contributed by atoms with Gasteiger partial charge >= 0.3 is 12.5 Å². The second-order valence-corrected chi connectivity index (χ2v) is 6.33. The third-order valence-corrected chi connectivity index (χ3v) is 3.26. The first-order chi connectivity index (χ1) is 8.62. The maximum absolute atomic E-state index is 12.2. The van der Waals surface area contributed by atoms with Gasteiger partial charge in [0.1, 0.15) is 5.60 Å². The molecule has 2 aliphatic heterocycles. The Kier molecular flexibility index (Phi) is 3.18. The van der Waals surface area contributed by atoms with Gasteiger partial charge in [-0.2, -0.15) is 8.78 Å². The van der Waals surface area contributed by atoms with Crippen LogP contribution in [0.5, 0.6) is 0 Å². The van der Waals surface area contributed by atoms with Crippen molar-refractivity contribution in [3.63, 3.8) is 0 Å². The highest BCUT2D eigenvalue weighted by atomic mass is 19.3. The summed E-state index contributed by atoms with van der Waals surface area (Å²) in [5.41, 5.74) is -0.738. The zero-order valence-corrected chi connectivity index (χ0v) is 11.3. The third-order valence-electron chi connectivity index (χ3n) is 3.26. The van der Waals surface area contributed by atoms with Crippen molar-refractivity contribution in [2.45, 2.75) is 32.8 Å². The molecule has 2 amide bonds. The zero-order chi connectivity index (χ0) is 14.4. The van der Waals surface area contributed by atoms with E-state index in [4.69, 9.17) is 4.74 Å². The fourth-order valence-corrected chi connectivity index (χ4v) is 2.48. The van der Waals surface area contributed by atoms with Gasteiger partial charge in [0.15, 0.2) is 0 Å². The van der Waals surface area contributed by atoms with Gasteiger partial charge in [-0.1, -0.05) is 0 Å². The summed E-state index contributed by atoms with van der Waals surface area (Å²) in [4.78, 5) is 25.4. The van der Waals surface area contributed by atoms with Crippen molar-refractivity contribution in [3.05, 3.63) is 0 Å². The van der Waals surface area contributed by atoms with Crippen LogP contribution in [0.3, 0.4) is 0 Å². The lowest BCUT2D eigenvalue weighted by molar-refractivity contribution is -0.167. The lowest BCUT2D eigenvalue weighted by Crippen LogP contribution is -2.74. The molecule has 0 aromatic rings. The molecule has 19 heavy (non-hydrogen) atoms. The Morgan fingerprint density at radius 3 is 2.00 bits per heavy atom. The second-order valence-electron chi connectivity index (χ2n) is 6.33. The van der Waals surface area contributed by atoms with Crippen molar-refractivity contribution in [1.82, 2.24) is 9.80 Å². The lowest BCUT2D eigenvalue weighted by Gasteiger charge is -2.59. The highest BCUT2D eigenvalue weighted by molar-refractivity contribution is 5.80. The Hall–Kier alpha value is -1.40. The molecule has 2 rings (SSSR count). The van der Waals surface area contributed by atoms with Crippen LogP contribution in [0.25, 0.3) is 0 Å². The van der Waals surface area contributed by atoms with E-state index in [0.29, 0.717) is 26.2 Å². The molecule has 2 fully saturated rings. The van der Waals surface area contributed by atoms with E-state index in [1.165, 1.54) is 4.90 Å². The van der Waals surface area contributed by atoms with Gasteiger partial charge in [0.05, 0.1) is 0 Å². The Bertz CT molecular complexity index is 392. The van der Waals surface area contributed by atoms with E-state index in [-0.39, 0.29) is 5.41 Å². The van der Waals surface area contributed by atoms with E-state index >= 15 is 0 Å². The van der Waals surface area contributed by atoms with Gasteiger partial charge in [0.2, 0.25) is 0 Å². The molecule has 108 valence electrons. The predicted molar refractivity (Wildman–Crippen MR) is 62.8 cm³/mol. The fraction of sp³-hybridized carbons (Fsp3) is 0.833. The molecule has 7 heteroatoms. The van der Waals surface area contributed by atoms with E-state index < -0.39 is 24.0 Å². The van der Waals surface area contributed by atoms with Crippen LogP contribution in [0.2, 0.25) is 0 Å². The number of halogens is 2. The summed E-state index contributed by atoms with van der Waals surface area (Å²) in [5, 5.41) is 0. The Morgan fingerprint density at radius 2 is 1.58 bits per heavy atom. The maximum Gasteiger partial charge on any atom is 0.410 e. The van der Waals surface area contributed by atoms with Crippen molar-refractivity contribution in [2.75, 3.05) is 26.2 Å². The van der Waals surface area contributed by atoms with Crippen LogP contribution in [0.4, 0.5) is 13.6 Å². The minimum Gasteiger partial charge on any atom is -0.444 e. The van der Waals surface area contributed by atoms with E-state index in [1.807, 2.05) is 0 Å². The summed E-state index contributed by atoms with van der Waals surface area (Å²) < 4.78 is 29.6. The lowest BCUT2D eigenvalue weighted by atomic mass is 9.73. The number of amides is 2. The number of nitrogens with zero attached hydrogens (tertiary/aromatic N) is 2. The number of hydrogen-bond donors (Lipinski definition) is 0. The van der Waals surface area contributed by atoms with E-state index in [0.717, 1.165) is 4.90 Å². The van der Waals surface area contributed by atoms with Gasteiger partial charge in [-0.25, -0.2) is 4.79 Å². The highest BCUT2D eigenvalue weighted by Crippen LogP contribution is 2.40. The van der Waals surface area contributed by atoms with Crippen LogP contribution in [0.15, 0.2) is 0 Å². The van der Waals surface area contributed by atoms with Gasteiger partial charge in [0, 0.05) is 31.6 Å². The Morgan fingerprint density at radius 1 is 1.11 bits per heavy atom. The van der Waals surface area contributed by atoms with Crippen LogP contribution >= 0.6 is 0 Å². The van der Waals surface area contributed by atoms with Crippen molar-refractivity contribution in [3.8, 4) is 0 Å². The molecule has 2 aliphatic rings. The summed E-state index contributed by atoms with van der Waals surface area (Å²) in [7, 11) is 0. The third kappa shape index (κ3) is 2.79. The van der Waals surface area contributed by atoms with Crippen LogP contribution in [0.1, 0.15) is 20.8 Å². The summed E-state index contributed by atoms with van der Waals surface area (Å²) in [6, 6.07) is 0. The average molecular weight is 276 g/mol.